The molecule has 1 amide bonds. The maximum atomic E-state index is 11.5. The molecule has 1 atom stereocenters. The third-order valence-corrected chi connectivity index (χ3v) is 2.82. The first kappa shape index (κ1) is 11.2. The molecule has 0 aromatic carbocycles. The maximum Gasteiger partial charge on any atom is 0.219 e. The first-order valence-corrected chi connectivity index (χ1v) is 5.65. The van der Waals surface area contributed by atoms with Crippen LogP contribution in [0, 0.1) is 0 Å². The van der Waals surface area contributed by atoms with Crippen LogP contribution in [0.5, 0.6) is 0 Å². The SMILES string of the molecule is CC(=O)N(Cc1ccco1)CC1CCCO1. The van der Waals surface area contributed by atoms with Gasteiger partial charge in [-0.15, -0.1) is 0 Å². The summed E-state index contributed by atoms with van der Waals surface area (Å²) >= 11 is 0. The number of amides is 1. The molecule has 1 aliphatic rings. The van der Waals surface area contributed by atoms with Gasteiger partial charge in [0, 0.05) is 20.1 Å². The summed E-state index contributed by atoms with van der Waals surface area (Å²) in [5.74, 6) is 0.875. The van der Waals surface area contributed by atoms with E-state index in [1.165, 1.54) is 0 Å². The van der Waals surface area contributed by atoms with E-state index in [1.807, 2.05) is 12.1 Å². The number of nitrogens with zero attached hydrogens (tertiary/aromatic N) is 1. The molecule has 4 heteroatoms. The Labute approximate surface area is 95.2 Å². The van der Waals surface area contributed by atoms with Gasteiger partial charge in [0.25, 0.3) is 0 Å². The van der Waals surface area contributed by atoms with Gasteiger partial charge < -0.3 is 14.1 Å². The fourth-order valence-electron chi connectivity index (χ4n) is 1.93. The summed E-state index contributed by atoms with van der Waals surface area (Å²) in [4.78, 5) is 13.3. The summed E-state index contributed by atoms with van der Waals surface area (Å²) in [5.41, 5.74) is 0. The lowest BCUT2D eigenvalue weighted by Gasteiger charge is -2.23. The van der Waals surface area contributed by atoms with E-state index >= 15 is 0 Å². The van der Waals surface area contributed by atoms with Crippen molar-refractivity contribution in [2.45, 2.75) is 32.4 Å². The molecule has 2 heterocycles. The van der Waals surface area contributed by atoms with Crippen molar-refractivity contribution >= 4 is 5.91 Å². The number of carbonyl (C=O) groups excluding carboxylic acids is 1. The van der Waals surface area contributed by atoms with Crippen LogP contribution >= 0.6 is 0 Å². The number of rotatable bonds is 4. The van der Waals surface area contributed by atoms with E-state index in [9.17, 15) is 4.79 Å². The van der Waals surface area contributed by atoms with Crippen molar-refractivity contribution in [1.29, 1.82) is 0 Å². The molecule has 1 saturated heterocycles. The van der Waals surface area contributed by atoms with Crippen LogP contribution in [0.3, 0.4) is 0 Å². The molecule has 2 rings (SSSR count). The van der Waals surface area contributed by atoms with Gasteiger partial charge in [-0.3, -0.25) is 4.79 Å². The molecule has 0 bridgehead atoms. The average molecular weight is 223 g/mol. The molecule has 1 aliphatic heterocycles. The molecule has 0 N–H and O–H groups in total. The minimum absolute atomic E-state index is 0.0619. The Bertz CT molecular complexity index is 328. The van der Waals surface area contributed by atoms with E-state index in [0.29, 0.717) is 13.1 Å². The smallest absolute Gasteiger partial charge is 0.219 e. The van der Waals surface area contributed by atoms with Crippen molar-refractivity contribution in [1.82, 2.24) is 4.90 Å². The maximum absolute atomic E-state index is 11.5. The van der Waals surface area contributed by atoms with Gasteiger partial charge in [-0.25, -0.2) is 0 Å². The van der Waals surface area contributed by atoms with Crippen LogP contribution in [-0.4, -0.2) is 30.1 Å². The normalized spacial score (nSPS) is 19.9. The van der Waals surface area contributed by atoms with Crippen LogP contribution in [0.1, 0.15) is 25.5 Å². The van der Waals surface area contributed by atoms with E-state index in [4.69, 9.17) is 9.15 Å². The molecule has 1 fully saturated rings. The molecule has 0 aliphatic carbocycles. The summed E-state index contributed by atoms with van der Waals surface area (Å²) in [6.07, 6.45) is 3.96. The largest absolute Gasteiger partial charge is 0.467 e. The molecule has 0 radical (unpaired) electrons. The summed E-state index contributed by atoms with van der Waals surface area (Å²) in [6, 6.07) is 3.71. The molecule has 0 saturated carbocycles. The van der Waals surface area contributed by atoms with Gasteiger partial charge in [0.2, 0.25) is 5.91 Å². The quantitative estimate of drug-likeness (QED) is 0.781. The van der Waals surface area contributed by atoms with Gasteiger partial charge in [-0.05, 0) is 25.0 Å². The lowest BCUT2D eigenvalue weighted by molar-refractivity contribution is -0.131. The topological polar surface area (TPSA) is 42.7 Å². The predicted octanol–water partition coefficient (Wildman–Crippen LogP) is 1.81. The highest BCUT2D eigenvalue weighted by molar-refractivity contribution is 5.73. The van der Waals surface area contributed by atoms with Crippen molar-refractivity contribution in [3.63, 3.8) is 0 Å². The molecule has 16 heavy (non-hydrogen) atoms. The van der Waals surface area contributed by atoms with Crippen LogP contribution in [0.25, 0.3) is 0 Å². The highest BCUT2D eigenvalue weighted by Crippen LogP contribution is 2.15. The molecular formula is C12H17NO3. The van der Waals surface area contributed by atoms with Crippen molar-refractivity contribution in [3.05, 3.63) is 24.2 Å². The van der Waals surface area contributed by atoms with E-state index in [0.717, 1.165) is 25.2 Å². The van der Waals surface area contributed by atoms with Crippen molar-refractivity contribution in [3.8, 4) is 0 Å². The Morgan fingerprint density at radius 1 is 1.62 bits per heavy atom. The molecule has 0 spiro atoms. The zero-order valence-electron chi connectivity index (χ0n) is 9.52. The Hall–Kier alpha value is -1.29. The molecule has 1 unspecified atom stereocenters. The molecule has 1 aromatic heterocycles. The first-order chi connectivity index (χ1) is 7.75. The fourth-order valence-corrected chi connectivity index (χ4v) is 1.93. The predicted molar refractivity (Wildman–Crippen MR) is 58.8 cm³/mol. The monoisotopic (exact) mass is 223 g/mol. The van der Waals surface area contributed by atoms with Crippen LogP contribution in [0.2, 0.25) is 0 Å². The van der Waals surface area contributed by atoms with Crippen LogP contribution < -0.4 is 0 Å². The van der Waals surface area contributed by atoms with Crippen molar-refractivity contribution in [2.75, 3.05) is 13.2 Å². The second kappa shape index (κ2) is 5.16. The number of ether oxygens (including phenoxy) is 1. The molecular weight excluding hydrogens is 206 g/mol. The fraction of sp³-hybridized carbons (Fsp3) is 0.583. The summed E-state index contributed by atoms with van der Waals surface area (Å²) in [6.45, 7) is 3.59. The first-order valence-electron chi connectivity index (χ1n) is 5.65. The minimum atomic E-state index is 0.0619. The summed E-state index contributed by atoms with van der Waals surface area (Å²) < 4.78 is 10.8. The Morgan fingerprint density at radius 3 is 3.06 bits per heavy atom. The lowest BCUT2D eigenvalue weighted by Crippen LogP contribution is -2.35. The number of hydrogen-bond donors (Lipinski definition) is 0. The van der Waals surface area contributed by atoms with E-state index in [2.05, 4.69) is 0 Å². The Balaban J connectivity index is 1.91. The number of furan rings is 1. The number of carbonyl (C=O) groups is 1. The van der Waals surface area contributed by atoms with Crippen LogP contribution in [0.15, 0.2) is 22.8 Å². The Morgan fingerprint density at radius 2 is 2.50 bits per heavy atom. The van der Waals surface area contributed by atoms with Gasteiger partial charge in [0.1, 0.15) is 5.76 Å². The third kappa shape index (κ3) is 2.85. The third-order valence-electron chi connectivity index (χ3n) is 2.82. The zero-order chi connectivity index (χ0) is 11.4. The standard InChI is InChI=1S/C12H17NO3/c1-10(14)13(8-11-4-2-6-15-11)9-12-5-3-7-16-12/h2,4,6,12H,3,5,7-9H2,1H3. The summed E-state index contributed by atoms with van der Waals surface area (Å²) in [5, 5.41) is 0. The highest BCUT2D eigenvalue weighted by Gasteiger charge is 2.21. The zero-order valence-corrected chi connectivity index (χ0v) is 9.52. The molecule has 1 aromatic rings. The minimum Gasteiger partial charge on any atom is -0.467 e. The second-order valence-electron chi connectivity index (χ2n) is 4.11. The van der Waals surface area contributed by atoms with Crippen molar-refractivity contribution in [2.24, 2.45) is 0 Å². The summed E-state index contributed by atoms with van der Waals surface area (Å²) in [7, 11) is 0. The Kier molecular flexibility index (Phi) is 3.62. The van der Waals surface area contributed by atoms with E-state index < -0.39 is 0 Å². The van der Waals surface area contributed by atoms with Crippen LogP contribution in [0.4, 0.5) is 0 Å². The van der Waals surface area contributed by atoms with Gasteiger partial charge in [0.15, 0.2) is 0 Å². The molecule has 88 valence electrons. The van der Waals surface area contributed by atoms with Gasteiger partial charge >= 0.3 is 0 Å². The second-order valence-corrected chi connectivity index (χ2v) is 4.11. The number of hydrogen-bond acceptors (Lipinski definition) is 3. The van der Waals surface area contributed by atoms with Gasteiger partial charge in [0.05, 0.1) is 18.9 Å². The average Bonchev–Trinajstić information content (AvgIpc) is 2.88. The van der Waals surface area contributed by atoms with Gasteiger partial charge in [-0.1, -0.05) is 0 Å². The van der Waals surface area contributed by atoms with Gasteiger partial charge in [-0.2, -0.15) is 0 Å². The highest BCUT2D eigenvalue weighted by atomic mass is 16.5. The van der Waals surface area contributed by atoms with E-state index in [-0.39, 0.29) is 12.0 Å². The van der Waals surface area contributed by atoms with Crippen molar-refractivity contribution < 1.29 is 13.9 Å². The lowest BCUT2D eigenvalue weighted by atomic mass is 10.2. The van der Waals surface area contributed by atoms with Crippen LogP contribution in [-0.2, 0) is 16.1 Å². The molecule has 4 nitrogen and oxygen atoms in total. The van der Waals surface area contributed by atoms with E-state index in [1.54, 1.807) is 18.1 Å².